The fourth-order valence-electron chi connectivity index (χ4n) is 2.30. The lowest BCUT2D eigenvalue weighted by Crippen LogP contribution is -2.19. The Hall–Kier alpha value is -1.78. The van der Waals surface area contributed by atoms with Crippen molar-refractivity contribution in [3.05, 3.63) is 58.7 Å². The Balaban J connectivity index is 2.01. The third-order valence-corrected chi connectivity index (χ3v) is 4.05. The van der Waals surface area contributed by atoms with Gasteiger partial charge in [-0.15, -0.1) is 11.3 Å². The van der Waals surface area contributed by atoms with E-state index in [-0.39, 0.29) is 6.04 Å². The van der Waals surface area contributed by atoms with Crippen LogP contribution in [-0.4, -0.2) is 17.0 Å². The molecule has 0 radical (unpaired) electrons. The second-order valence-electron chi connectivity index (χ2n) is 4.39. The first-order valence-corrected chi connectivity index (χ1v) is 7.15. The van der Waals surface area contributed by atoms with Gasteiger partial charge in [0.2, 0.25) is 0 Å². The molecule has 0 aliphatic carbocycles. The van der Waals surface area contributed by atoms with Crippen LogP contribution in [0, 0.1) is 0 Å². The quantitative estimate of drug-likeness (QED) is 0.790. The molecule has 3 rings (SSSR count). The van der Waals surface area contributed by atoms with Crippen LogP contribution in [-0.2, 0) is 6.42 Å². The number of aromatic nitrogens is 2. The van der Waals surface area contributed by atoms with E-state index in [9.17, 15) is 0 Å². The van der Waals surface area contributed by atoms with E-state index >= 15 is 0 Å². The van der Waals surface area contributed by atoms with Gasteiger partial charge in [-0.1, -0.05) is 24.3 Å². The fraction of sp³-hybridized carbons (Fsp3) is 0.200. The monoisotopic (exact) mass is 269 g/mol. The van der Waals surface area contributed by atoms with Crippen LogP contribution in [0.4, 0.5) is 0 Å². The zero-order chi connectivity index (χ0) is 13.1. The van der Waals surface area contributed by atoms with E-state index < -0.39 is 0 Å². The number of para-hydroxylation sites is 1. The van der Waals surface area contributed by atoms with Crippen LogP contribution in [0.5, 0.6) is 0 Å². The molecule has 0 fully saturated rings. The van der Waals surface area contributed by atoms with E-state index in [0.717, 1.165) is 16.9 Å². The number of hydrogen-bond donors (Lipinski definition) is 1. The summed E-state index contributed by atoms with van der Waals surface area (Å²) in [6.07, 6.45) is 4.60. The molecule has 0 bridgehead atoms. The molecular formula is C15H15N3S. The molecule has 1 unspecified atom stereocenters. The molecule has 0 saturated heterocycles. The number of nitrogens with one attached hydrogen (secondary N) is 1. The molecule has 0 spiro atoms. The van der Waals surface area contributed by atoms with Crippen LogP contribution >= 0.6 is 11.3 Å². The number of rotatable bonds is 4. The van der Waals surface area contributed by atoms with Gasteiger partial charge in [0, 0.05) is 35.6 Å². The first-order valence-electron chi connectivity index (χ1n) is 6.28. The zero-order valence-electron chi connectivity index (χ0n) is 10.7. The summed E-state index contributed by atoms with van der Waals surface area (Å²) >= 11 is 1.70. The Morgan fingerprint density at radius 3 is 2.84 bits per heavy atom. The topological polar surface area (TPSA) is 37.8 Å². The summed E-state index contributed by atoms with van der Waals surface area (Å²) in [6.45, 7) is 0. The Morgan fingerprint density at radius 2 is 2.05 bits per heavy atom. The molecule has 3 aromatic rings. The highest BCUT2D eigenvalue weighted by atomic mass is 32.1. The molecule has 3 nitrogen and oxygen atoms in total. The molecule has 4 heteroatoms. The SMILES string of the molecule is CNC(Cc1nccs1)c1cccc2cccnc12. The van der Waals surface area contributed by atoms with Gasteiger partial charge in [-0.3, -0.25) is 4.98 Å². The molecule has 0 aliphatic rings. The Labute approximate surface area is 116 Å². The maximum Gasteiger partial charge on any atom is 0.0943 e. The van der Waals surface area contributed by atoms with Crippen molar-refractivity contribution in [1.82, 2.24) is 15.3 Å². The van der Waals surface area contributed by atoms with Crippen LogP contribution in [0.1, 0.15) is 16.6 Å². The Morgan fingerprint density at radius 1 is 1.16 bits per heavy atom. The maximum absolute atomic E-state index is 4.52. The molecule has 0 amide bonds. The van der Waals surface area contributed by atoms with E-state index in [2.05, 4.69) is 39.6 Å². The molecule has 1 aromatic carbocycles. The first kappa shape index (κ1) is 12.3. The van der Waals surface area contributed by atoms with Gasteiger partial charge in [-0.2, -0.15) is 0 Å². The number of pyridine rings is 1. The van der Waals surface area contributed by atoms with Crippen LogP contribution in [0.3, 0.4) is 0 Å². The van der Waals surface area contributed by atoms with Crippen molar-refractivity contribution < 1.29 is 0 Å². The van der Waals surface area contributed by atoms with Gasteiger partial charge in [0.25, 0.3) is 0 Å². The average Bonchev–Trinajstić information content (AvgIpc) is 2.97. The van der Waals surface area contributed by atoms with Crippen molar-refractivity contribution in [3.63, 3.8) is 0 Å². The van der Waals surface area contributed by atoms with Gasteiger partial charge in [-0.25, -0.2) is 4.98 Å². The van der Waals surface area contributed by atoms with E-state index in [1.54, 1.807) is 11.3 Å². The van der Waals surface area contributed by atoms with Gasteiger partial charge in [0.1, 0.15) is 0 Å². The third kappa shape index (κ3) is 2.50. The van der Waals surface area contributed by atoms with Crippen molar-refractivity contribution in [1.29, 1.82) is 0 Å². The van der Waals surface area contributed by atoms with Crippen molar-refractivity contribution in [2.45, 2.75) is 12.5 Å². The van der Waals surface area contributed by atoms with E-state index in [0.29, 0.717) is 0 Å². The number of thiazole rings is 1. The van der Waals surface area contributed by atoms with Gasteiger partial charge < -0.3 is 5.32 Å². The summed E-state index contributed by atoms with van der Waals surface area (Å²) < 4.78 is 0. The summed E-state index contributed by atoms with van der Waals surface area (Å²) in [5.41, 5.74) is 2.30. The molecule has 0 saturated carbocycles. The van der Waals surface area contributed by atoms with Crippen molar-refractivity contribution >= 4 is 22.2 Å². The standard InChI is InChI=1S/C15H15N3S/c1-16-13(10-14-17-8-9-19-14)12-6-2-4-11-5-3-7-18-15(11)12/h2-9,13,16H,10H2,1H3. The summed E-state index contributed by atoms with van der Waals surface area (Å²) in [5, 5.41) is 7.72. The predicted octanol–water partition coefficient (Wildman–Crippen LogP) is 3.19. The minimum atomic E-state index is 0.241. The third-order valence-electron chi connectivity index (χ3n) is 3.25. The van der Waals surface area contributed by atoms with E-state index in [1.807, 2.05) is 30.9 Å². The van der Waals surface area contributed by atoms with Crippen molar-refractivity contribution in [2.24, 2.45) is 0 Å². The van der Waals surface area contributed by atoms with Gasteiger partial charge in [0.15, 0.2) is 0 Å². The molecule has 2 heterocycles. The van der Waals surface area contributed by atoms with Gasteiger partial charge in [-0.05, 0) is 18.7 Å². The van der Waals surface area contributed by atoms with E-state index in [4.69, 9.17) is 0 Å². The molecule has 0 aliphatic heterocycles. The van der Waals surface area contributed by atoms with E-state index in [1.165, 1.54) is 10.9 Å². The summed E-state index contributed by atoms with van der Waals surface area (Å²) in [4.78, 5) is 8.89. The first-order chi connectivity index (χ1) is 9.38. The summed E-state index contributed by atoms with van der Waals surface area (Å²) in [7, 11) is 1.99. The number of likely N-dealkylation sites (N-methyl/N-ethyl adjacent to an activating group) is 1. The molecule has 96 valence electrons. The second-order valence-corrected chi connectivity index (χ2v) is 5.37. The molecule has 1 atom stereocenters. The summed E-state index contributed by atoms with van der Waals surface area (Å²) in [5.74, 6) is 0. The highest BCUT2D eigenvalue weighted by molar-refractivity contribution is 7.09. The minimum Gasteiger partial charge on any atom is -0.313 e. The van der Waals surface area contributed by atoms with Gasteiger partial charge >= 0.3 is 0 Å². The number of nitrogens with zero attached hydrogens (tertiary/aromatic N) is 2. The predicted molar refractivity (Wildman–Crippen MR) is 79.4 cm³/mol. The van der Waals surface area contributed by atoms with Crippen molar-refractivity contribution in [2.75, 3.05) is 7.05 Å². The van der Waals surface area contributed by atoms with Crippen LogP contribution in [0.25, 0.3) is 10.9 Å². The highest BCUT2D eigenvalue weighted by Gasteiger charge is 2.14. The zero-order valence-corrected chi connectivity index (χ0v) is 11.5. The highest BCUT2D eigenvalue weighted by Crippen LogP contribution is 2.25. The second kappa shape index (κ2) is 5.47. The number of hydrogen-bond acceptors (Lipinski definition) is 4. The van der Waals surface area contributed by atoms with Crippen molar-refractivity contribution in [3.8, 4) is 0 Å². The normalized spacial score (nSPS) is 12.7. The molecular weight excluding hydrogens is 254 g/mol. The molecule has 19 heavy (non-hydrogen) atoms. The maximum atomic E-state index is 4.52. The molecule has 1 N–H and O–H groups in total. The van der Waals surface area contributed by atoms with Crippen LogP contribution in [0.15, 0.2) is 48.1 Å². The number of fused-ring (bicyclic) bond motifs is 1. The smallest absolute Gasteiger partial charge is 0.0943 e. The minimum absolute atomic E-state index is 0.241. The molecule has 2 aromatic heterocycles. The largest absolute Gasteiger partial charge is 0.313 e. The summed E-state index contributed by atoms with van der Waals surface area (Å²) in [6, 6.07) is 10.6. The lowest BCUT2D eigenvalue weighted by atomic mass is 10.0. The number of benzene rings is 1. The van der Waals surface area contributed by atoms with Crippen LogP contribution in [0.2, 0.25) is 0 Å². The fourth-order valence-corrected chi connectivity index (χ4v) is 2.97. The van der Waals surface area contributed by atoms with Gasteiger partial charge in [0.05, 0.1) is 10.5 Å². The van der Waals surface area contributed by atoms with Crippen LogP contribution < -0.4 is 5.32 Å². The Bertz CT molecular complexity index is 659. The lowest BCUT2D eigenvalue weighted by molar-refractivity contribution is 0.593. The average molecular weight is 269 g/mol. The lowest BCUT2D eigenvalue weighted by Gasteiger charge is -2.17. The Kier molecular flexibility index (Phi) is 3.53.